The van der Waals surface area contributed by atoms with Crippen LogP contribution in [0.15, 0.2) is 0 Å². The van der Waals surface area contributed by atoms with Gasteiger partial charge in [-0.2, -0.15) is 0 Å². The van der Waals surface area contributed by atoms with Crippen LogP contribution in [0.2, 0.25) is 0 Å². The van der Waals surface area contributed by atoms with Crippen LogP contribution < -0.4 is 11.9 Å². The number of thiazole rings is 2. The summed E-state index contributed by atoms with van der Waals surface area (Å²) >= 11 is 2.40. The molecule has 0 fully saturated rings. The molecule has 0 saturated heterocycles. The van der Waals surface area contributed by atoms with Crippen LogP contribution in [0.1, 0.15) is 71.1 Å². The van der Waals surface area contributed by atoms with Gasteiger partial charge in [-0.1, -0.05) is 0 Å². The molecule has 2 aromatic heterocycles. The second-order valence-electron chi connectivity index (χ2n) is 5.02. The highest BCUT2D eigenvalue weighted by molar-refractivity contribution is 7.14. The van der Waals surface area contributed by atoms with Crippen LogP contribution in [0.25, 0.3) is 0 Å². The molecule has 27 heavy (non-hydrogen) atoms. The molecule has 0 aromatic carbocycles. The third-order valence-electron chi connectivity index (χ3n) is 2.81. The van der Waals surface area contributed by atoms with Crippen molar-refractivity contribution in [3.8, 4) is 0 Å². The Labute approximate surface area is 164 Å². The van der Waals surface area contributed by atoms with Gasteiger partial charge in [0.25, 0.3) is 5.91 Å². The average Bonchev–Trinajstić information content (AvgIpc) is 3.11. The molecule has 0 atom stereocenters. The molecular formula is C16H22N4O5S2. The van der Waals surface area contributed by atoms with Gasteiger partial charge in [-0.05, 0) is 20.8 Å². The largest absolute Gasteiger partial charge is 0.461 e. The molecule has 0 unspecified atom stereocenters. The molecule has 148 valence electrons. The first-order chi connectivity index (χ1) is 12.1. The predicted octanol–water partition coefficient (Wildman–Crippen LogP) is 2.75. The van der Waals surface area contributed by atoms with Crippen molar-refractivity contribution in [1.29, 1.82) is 0 Å². The Kier molecular flexibility index (Phi) is 9.62. The number of aromatic nitrogens is 2. The summed E-state index contributed by atoms with van der Waals surface area (Å²) in [7, 11) is 0. The zero-order chi connectivity index (χ0) is 20.0. The highest BCUT2D eigenvalue weighted by Crippen LogP contribution is 2.19. The molecule has 0 aliphatic heterocycles. The van der Waals surface area contributed by atoms with E-state index in [9.17, 15) is 19.2 Å². The second kappa shape index (κ2) is 10.6. The minimum absolute atomic E-state index is 0. The normalized spacial score (nSPS) is 9.52. The summed E-state index contributed by atoms with van der Waals surface area (Å²) in [5.41, 5.74) is 5.25. The number of ether oxygens (including phenoxy) is 1. The van der Waals surface area contributed by atoms with Crippen LogP contribution in [0.4, 0.5) is 0 Å². The van der Waals surface area contributed by atoms with Crippen molar-refractivity contribution in [2.45, 2.75) is 34.6 Å². The molecule has 2 aromatic rings. The summed E-state index contributed by atoms with van der Waals surface area (Å²) in [4.78, 5) is 52.8. The lowest BCUT2D eigenvalue weighted by Gasteiger charge is -1.98. The zero-order valence-corrected chi connectivity index (χ0v) is 17.4. The molecule has 5 N–H and O–H groups in total. The van der Waals surface area contributed by atoms with E-state index in [4.69, 9.17) is 10.5 Å². The molecule has 2 rings (SSSR count). The first kappa shape index (κ1) is 24.5. The van der Waals surface area contributed by atoms with Gasteiger partial charge in [0.05, 0.1) is 16.6 Å². The minimum atomic E-state index is -0.649. The van der Waals surface area contributed by atoms with E-state index in [1.807, 2.05) is 0 Å². The van der Waals surface area contributed by atoms with E-state index < -0.39 is 11.9 Å². The van der Waals surface area contributed by atoms with Crippen molar-refractivity contribution >= 4 is 46.1 Å². The van der Waals surface area contributed by atoms with Crippen LogP contribution in [0.3, 0.4) is 0 Å². The number of esters is 1. The monoisotopic (exact) mass is 414 g/mol. The number of carbonyl (C=O) groups is 4. The van der Waals surface area contributed by atoms with Crippen LogP contribution in [-0.4, -0.2) is 40.0 Å². The smallest absolute Gasteiger partial charge is 0.358 e. The van der Waals surface area contributed by atoms with Crippen LogP contribution in [0, 0.1) is 13.8 Å². The maximum Gasteiger partial charge on any atom is 0.358 e. The standard InChI is InChI=1S/C9H11NO3S.C7H8N2O2S.H3N/c1-4-13-9(12)7-8(5(2)11)14-6(3)10-7;1-3(10)6-5(7(8)11)9-4(2)12-6;/h4H2,1-3H3;1-2H3,(H2,8,11);1H3. The van der Waals surface area contributed by atoms with Crippen LogP contribution >= 0.6 is 22.7 Å². The molecule has 1 amide bonds. The Morgan fingerprint density at radius 2 is 1.33 bits per heavy atom. The van der Waals surface area contributed by atoms with Crippen molar-refractivity contribution < 1.29 is 23.9 Å². The maximum absolute atomic E-state index is 11.4. The summed E-state index contributed by atoms with van der Waals surface area (Å²) in [5, 5.41) is 1.37. The third-order valence-corrected chi connectivity index (χ3v) is 4.95. The van der Waals surface area contributed by atoms with E-state index in [-0.39, 0.29) is 35.7 Å². The van der Waals surface area contributed by atoms with E-state index in [0.717, 1.165) is 0 Å². The van der Waals surface area contributed by atoms with Crippen molar-refractivity contribution in [3.63, 3.8) is 0 Å². The van der Waals surface area contributed by atoms with Crippen LogP contribution in [-0.2, 0) is 4.74 Å². The molecular weight excluding hydrogens is 392 g/mol. The molecule has 0 radical (unpaired) electrons. The van der Waals surface area contributed by atoms with E-state index in [1.54, 1.807) is 20.8 Å². The topological polar surface area (TPSA) is 164 Å². The molecule has 0 bridgehead atoms. The van der Waals surface area contributed by atoms with Gasteiger partial charge >= 0.3 is 5.97 Å². The van der Waals surface area contributed by atoms with Gasteiger partial charge in [0.15, 0.2) is 17.3 Å². The van der Waals surface area contributed by atoms with Gasteiger partial charge in [0, 0.05) is 13.8 Å². The van der Waals surface area contributed by atoms with Crippen molar-refractivity contribution in [1.82, 2.24) is 16.1 Å². The van der Waals surface area contributed by atoms with Gasteiger partial charge in [-0.3, -0.25) is 14.4 Å². The van der Waals surface area contributed by atoms with Gasteiger partial charge in [-0.25, -0.2) is 14.8 Å². The molecule has 11 heteroatoms. The molecule has 0 aliphatic rings. The fourth-order valence-corrected chi connectivity index (χ4v) is 3.46. The Bertz CT molecular complexity index is 826. The quantitative estimate of drug-likeness (QED) is 0.556. The van der Waals surface area contributed by atoms with Gasteiger partial charge < -0.3 is 16.6 Å². The van der Waals surface area contributed by atoms with Crippen molar-refractivity contribution in [3.05, 3.63) is 31.2 Å². The molecule has 0 saturated carbocycles. The lowest BCUT2D eigenvalue weighted by atomic mass is 10.3. The maximum atomic E-state index is 11.4. The Hall–Kier alpha value is -2.50. The number of carbonyl (C=O) groups excluding carboxylic acids is 4. The Morgan fingerprint density at radius 1 is 0.926 bits per heavy atom. The summed E-state index contributed by atoms with van der Waals surface area (Å²) in [6.45, 7) is 8.27. The van der Waals surface area contributed by atoms with Crippen molar-refractivity contribution in [2.24, 2.45) is 5.73 Å². The number of hydrogen-bond donors (Lipinski definition) is 2. The lowest BCUT2D eigenvalue weighted by molar-refractivity contribution is 0.0517. The van der Waals surface area contributed by atoms with Crippen LogP contribution in [0.5, 0.6) is 0 Å². The average molecular weight is 415 g/mol. The molecule has 0 aliphatic carbocycles. The molecule has 9 nitrogen and oxygen atoms in total. The number of ketones is 2. The summed E-state index contributed by atoms with van der Waals surface area (Å²) in [6, 6.07) is 0. The van der Waals surface area contributed by atoms with Gasteiger partial charge in [-0.15, -0.1) is 22.7 Å². The fourth-order valence-electron chi connectivity index (χ4n) is 1.84. The molecule has 2 heterocycles. The SMILES string of the molecule is CC(=O)c1sc(C)nc1C(N)=O.CCOC(=O)c1nc(C)sc1C(C)=O.N. The lowest BCUT2D eigenvalue weighted by Crippen LogP contribution is -2.14. The third kappa shape index (κ3) is 6.62. The van der Waals surface area contributed by atoms with E-state index >= 15 is 0 Å². The van der Waals surface area contributed by atoms with Crippen molar-refractivity contribution in [2.75, 3.05) is 6.61 Å². The number of aryl methyl sites for hydroxylation is 2. The highest BCUT2D eigenvalue weighted by atomic mass is 32.1. The summed E-state index contributed by atoms with van der Waals surface area (Å²) < 4.78 is 4.79. The number of nitrogens with two attached hydrogens (primary N) is 1. The Morgan fingerprint density at radius 3 is 1.67 bits per heavy atom. The predicted molar refractivity (Wildman–Crippen MR) is 103 cm³/mol. The number of hydrogen-bond acceptors (Lipinski definition) is 10. The van der Waals surface area contributed by atoms with Gasteiger partial charge in [0.2, 0.25) is 0 Å². The molecule has 0 spiro atoms. The Balaban J connectivity index is 0.000000488. The highest BCUT2D eigenvalue weighted by Gasteiger charge is 2.20. The summed E-state index contributed by atoms with van der Waals surface area (Å²) in [5.74, 6) is -1.50. The number of nitrogens with zero attached hydrogens (tertiary/aromatic N) is 2. The number of rotatable bonds is 5. The second-order valence-corrected chi connectivity index (χ2v) is 7.42. The number of primary amides is 1. The minimum Gasteiger partial charge on any atom is -0.461 e. The first-order valence-electron chi connectivity index (χ1n) is 7.52. The van der Waals surface area contributed by atoms with E-state index in [0.29, 0.717) is 19.8 Å². The fraction of sp³-hybridized carbons (Fsp3) is 0.375. The van der Waals surface area contributed by atoms with Gasteiger partial charge in [0.1, 0.15) is 15.4 Å². The first-order valence-corrected chi connectivity index (χ1v) is 9.15. The zero-order valence-electron chi connectivity index (χ0n) is 15.7. The number of Topliss-reactive ketones (excluding diaryl/α,β-unsaturated/α-hetero) is 2. The van der Waals surface area contributed by atoms with E-state index in [1.165, 1.54) is 36.5 Å². The number of amides is 1. The summed E-state index contributed by atoms with van der Waals surface area (Å²) in [6.07, 6.45) is 0. The van der Waals surface area contributed by atoms with E-state index in [2.05, 4.69) is 9.97 Å².